The number of amides is 1. The molecule has 0 saturated carbocycles. The van der Waals surface area contributed by atoms with E-state index in [0.29, 0.717) is 12.2 Å². The lowest BCUT2D eigenvalue weighted by molar-refractivity contribution is 0.0720. The molecule has 1 aromatic carbocycles. The fraction of sp³-hybridized carbons (Fsp3) is 0.429. The van der Waals surface area contributed by atoms with Crippen molar-refractivity contribution in [2.45, 2.75) is 44.6 Å². The Morgan fingerprint density at radius 1 is 1.11 bits per heavy atom. The Balaban J connectivity index is 1.55. The van der Waals surface area contributed by atoms with Gasteiger partial charge in [-0.15, -0.1) is 0 Å². The summed E-state index contributed by atoms with van der Waals surface area (Å²) < 4.78 is 2.11. The van der Waals surface area contributed by atoms with Crippen molar-refractivity contribution in [1.29, 1.82) is 0 Å². The zero-order chi connectivity index (χ0) is 19.3. The van der Waals surface area contributed by atoms with E-state index in [0.717, 1.165) is 66.6 Å². The molecule has 7 nitrogen and oxygen atoms in total. The third-order valence-corrected chi connectivity index (χ3v) is 6.04. The van der Waals surface area contributed by atoms with E-state index in [1.165, 1.54) is 0 Å². The van der Waals surface area contributed by atoms with Gasteiger partial charge in [0.1, 0.15) is 11.5 Å². The number of nitrogens with two attached hydrogens (primary N) is 1. The van der Waals surface area contributed by atoms with Gasteiger partial charge in [0.25, 0.3) is 5.91 Å². The first-order chi connectivity index (χ1) is 13.6. The number of benzene rings is 1. The molecule has 28 heavy (non-hydrogen) atoms. The quantitative estimate of drug-likeness (QED) is 0.743. The molecule has 1 atom stereocenters. The Kier molecular flexibility index (Phi) is 4.03. The number of para-hydroxylation sites is 2. The van der Waals surface area contributed by atoms with E-state index in [2.05, 4.69) is 20.6 Å². The molecule has 7 heteroatoms. The Labute approximate surface area is 163 Å². The summed E-state index contributed by atoms with van der Waals surface area (Å²) in [5.41, 5.74) is 10.4. The molecule has 1 aliphatic carbocycles. The van der Waals surface area contributed by atoms with Crippen molar-refractivity contribution >= 4 is 22.9 Å². The number of fused-ring (bicyclic) bond motifs is 2. The first-order valence-corrected chi connectivity index (χ1v) is 10.0. The number of nitrogen functional groups attached to an aromatic ring is 1. The van der Waals surface area contributed by atoms with Crippen LogP contribution in [0.25, 0.3) is 11.0 Å². The van der Waals surface area contributed by atoms with Gasteiger partial charge in [-0.25, -0.2) is 15.0 Å². The van der Waals surface area contributed by atoms with Gasteiger partial charge in [-0.2, -0.15) is 0 Å². The molecule has 1 unspecified atom stereocenters. The molecule has 1 fully saturated rings. The maximum Gasteiger partial charge on any atom is 0.273 e. The summed E-state index contributed by atoms with van der Waals surface area (Å²) in [6, 6.07) is 8.05. The average Bonchev–Trinajstić information content (AvgIpc) is 3.31. The molecule has 3 heterocycles. The van der Waals surface area contributed by atoms with Gasteiger partial charge in [-0.3, -0.25) is 4.79 Å². The molecule has 3 aromatic rings. The highest BCUT2D eigenvalue weighted by Crippen LogP contribution is 2.35. The number of hydrogen-bond donors (Lipinski definition) is 1. The highest BCUT2D eigenvalue weighted by Gasteiger charge is 2.36. The predicted octanol–water partition coefficient (Wildman–Crippen LogP) is 2.80. The van der Waals surface area contributed by atoms with Crippen LogP contribution in [-0.2, 0) is 19.9 Å². The minimum atomic E-state index is -0.0414. The number of anilines is 1. The molecule has 0 spiro atoms. The second kappa shape index (κ2) is 6.58. The Morgan fingerprint density at radius 3 is 2.79 bits per heavy atom. The number of carbonyl (C=O) groups excluding carboxylic acids is 1. The van der Waals surface area contributed by atoms with Crippen molar-refractivity contribution in [2.24, 2.45) is 7.05 Å². The van der Waals surface area contributed by atoms with Gasteiger partial charge in [-0.1, -0.05) is 12.1 Å². The highest BCUT2D eigenvalue weighted by atomic mass is 16.2. The Bertz CT molecular complexity index is 1070. The van der Waals surface area contributed by atoms with E-state index in [1.54, 1.807) is 0 Å². The molecule has 1 amide bonds. The number of hydrogen-bond acceptors (Lipinski definition) is 5. The number of aryl methyl sites for hydroxylation is 2. The topological polar surface area (TPSA) is 89.9 Å². The summed E-state index contributed by atoms with van der Waals surface area (Å²) in [4.78, 5) is 29.0. The third-order valence-electron chi connectivity index (χ3n) is 6.04. The summed E-state index contributed by atoms with van der Waals surface area (Å²) in [5.74, 6) is 1.09. The van der Waals surface area contributed by atoms with E-state index in [9.17, 15) is 4.79 Å². The number of nitrogens with zero attached hydrogens (tertiary/aromatic N) is 5. The van der Waals surface area contributed by atoms with Crippen LogP contribution < -0.4 is 5.73 Å². The van der Waals surface area contributed by atoms with E-state index < -0.39 is 0 Å². The molecule has 2 aromatic heterocycles. The van der Waals surface area contributed by atoms with Crippen LogP contribution in [0.4, 0.5) is 5.95 Å². The van der Waals surface area contributed by atoms with Gasteiger partial charge in [0, 0.05) is 24.8 Å². The van der Waals surface area contributed by atoms with Crippen LogP contribution >= 0.6 is 0 Å². The van der Waals surface area contributed by atoms with E-state index >= 15 is 0 Å². The highest BCUT2D eigenvalue weighted by molar-refractivity contribution is 5.95. The maximum atomic E-state index is 13.5. The van der Waals surface area contributed by atoms with Crippen LogP contribution in [0, 0.1) is 0 Å². The van der Waals surface area contributed by atoms with Gasteiger partial charge >= 0.3 is 0 Å². The number of imidazole rings is 1. The SMILES string of the molecule is Cn1c(C2CCCN2C(=O)c2nc(N)nc3c2CCCC3)nc2ccccc21. The lowest BCUT2D eigenvalue weighted by Gasteiger charge is -2.26. The number of carbonyl (C=O) groups is 1. The summed E-state index contributed by atoms with van der Waals surface area (Å²) in [6.45, 7) is 0.714. The molecular formula is C21H24N6O. The normalized spacial score (nSPS) is 19.2. The summed E-state index contributed by atoms with van der Waals surface area (Å²) in [5, 5.41) is 0. The summed E-state index contributed by atoms with van der Waals surface area (Å²) >= 11 is 0. The number of rotatable bonds is 2. The molecular weight excluding hydrogens is 352 g/mol. The van der Waals surface area contributed by atoms with Crippen LogP contribution in [0.5, 0.6) is 0 Å². The number of aromatic nitrogens is 4. The van der Waals surface area contributed by atoms with Crippen molar-refractivity contribution in [1.82, 2.24) is 24.4 Å². The molecule has 2 aliphatic rings. The molecule has 0 bridgehead atoms. The van der Waals surface area contributed by atoms with Crippen LogP contribution in [-0.4, -0.2) is 36.9 Å². The van der Waals surface area contributed by atoms with Crippen molar-refractivity contribution in [2.75, 3.05) is 12.3 Å². The first-order valence-electron chi connectivity index (χ1n) is 10.0. The van der Waals surface area contributed by atoms with E-state index in [1.807, 2.05) is 30.1 Å². The monoisotopic (exact) mass is 376 g/mol. The lowest BCUT2D eigenvalue weighted by atomic mass is 9.94. The summed E-state index contributed by atoms with van der Waals surface area (Å²) in [6.07, 6.45) is 5.74. The fourth-order valence-electron chi connectivity index (χ4n) is 4.67. The smallest absolute Gasteiger partial charge is 0.273 e. The standard InChI is InChI=1S/C21H24N6O/c1-26-16-10-5-4-9-15(16)23-19(26)17-11-6-12-27(17)20(28)18-13-7-2-3-8-14(13)24-21(22)25-18/h4-5,9-10,17H,2-3,6-8,11-12H2,1H3,(H2,22,24,25). The Morgan fingerprint density at radius 2 is 1.93 bits per heavy atom. The molecule has 1 saturated heterocycles. The summed E-state index contributed by atoms with van der Waals surface area (Å²) in [7, 11) is 2.02. The first kappa shape index (κ1) is 17.2. The fourth-order valence-corrected chi connectivity index (χ4v) is 4.67. The van der Waals surface area contributed by atoms with Crippen molar-refractivity contribution in [3.8, 4) is 0 Å². The van der Waals surface area contributed by atoms with Crippen molar-refractivity contribution < 1.29 is 4.79 Å². The van der Waals surface area contributed by atoms with Crippen molar-refractivity contribution in [3.63, 3.8) is 0 Å². The third kappa shape index (κ3) is 2.65. The van der Waals surface area contributed by atoms with Gasteiger partial charge in [0.05, 0.1) is 17.1 Å². The second-order valence-electron chi connectivity index (χ2n) is 7.74. The van der Waals surface area contributed by atoms with Gasteiger partial charge in [0.2, 0.25) is 5.95 Å². The maximum absolute atomic E-state index is 13.5. The second-order valence-corrected chi connectivity index (χ2v) is 7.74. The van der Waals surface area contributed by atoms with E-state index in [4.69, 9.17) is 10.7 Å². The van der Waals surface area contributed by atoms with E-state index in [-0.39, 0.29) is 17.9 Å². The molecule has 5 rings (SSSR count). The van der Waals surface area contributed by atoms with Gasteiger partial charge in [0.15, 0.2) is 0 Å². The van der Waals surface area contributed by atoms with Crippen LogP contribution in [0.2, 0.25) is 0 Å². The van der Waals surface area contributed by atoms with Crippen molar-refractivity contribution in [3.05, 3.63) is 47.0 Å². The molecule has 0 radical (unpaired) electrons. The average molecular weight is 376 g/mol. The molecule has 144 valence electrons. The predicted molar refractivity (Wildman–Crippen MR) is 107 cm³/mol. The number of likely N-dealkylation sites (tertiary alicyclic amines) is 1. The van der Waals surface area contributed by atoms with Gasteiger partial charge < -0.3 is 15.2 Å². The van der Waals surface area contributed by atoms with Crippen LogP contribution in [0.1, 0.15) is 59.3 Å². The zero-order valence-corrected chi connectivity index (χ0v) is 16.1. The van der Waals surface area contributed by atoms with Gasteiger partial charge in [-0.05, 0) is 50.7 Å². The Hall–Kier alpha value is -2.96. The molecule has 1 aliphatic heterocycles. The lowest BCUT2D eigenvalue weighted by Crippen LogP contribution is -2.34. The van der Waals surface area contributed by atoms with Crippen LogP contribution in [0.15, 0.2) is 24.3 Å². The van der Waals surface area contributed by atoms with Crippen LogP contribution in [0.3, 0.4) is 0 Å². The zero-order valence-electron chi connectivity index (χ0n) is 16.1. The largest absolute Gasteiger partial charge is 0.368 e. The minimum Gasteiger partial charge on any atom is -0.368 e. The minimum absolute atomic E-state index is 0.0400. The molecule has 2 N–H and O–H groups in total.